The van der Waals surface area contributed by atoms with E-state index in [0.717, 1.165) is 16.6 Å². The Morgan fingerprint density at radius 2 is 1.90 bits per heavy atom. The first-order valence-electron chi connectivity index (χ1n) is 6.93. The Balaban J connectivity index is 2.21. The van der Waals surface area contributed by atoms with Gasteiger partial charge in [0.15, 0.2) is 6.29 Å². The van der Waals surface area contributed by atoms with Crippen LogP contribution in [0, 0.1) is 13.8 Å². The lowest BCUT2D eigenvalue weighted by molar-refractivity contribution is -0.117. The van der Waals surface area contributed by atoms with Gasteiger partial charge in [0.05, 0.1) is 6.04 Å². The van der Waals surface area contributed by atoms with E-state index in [2.05, 4.69) is 10.3 Å². The summed E-state index contributed by atoms with van der Waals surface area (Å²) in [6, 6.07) is 5.41. The predicted octanol–water partition coefficient (Wildman–Crippen LogP) is 2.52. The van der Waals surface area contributed by atoms with Gasteiger partial charge in [0, 0.05) is 36.4 Å². The molecule has 21 heavy (non-hydrogen) atoms. The number of rotatable bonds is 5. The second kappa shape index (κ2) is 6.28. The zero-order chi connectivity index (χ0) is 15.6. The maximum Gasteiger partial charge on any atom is 0.251 e. The second-order valence-corrected chi connectivity index (χ2v) is 5.24. The van der Waals surface area contributed by atoms with Gasteiger partial charge in [0.1, 0.15) is 0 Å². The molecule has 1 aromatic carbocycles. The highest BCUT2D eigenvalue weighted by molar-refractivity contribution is 5.99. The summed E-state index contributed by atoms with van der Waals surface area (Å²) in [5, 5.41) is 3.96. The number of hydrogen-bond donors (Lipinski definition) is 2. The molecule has 0 bridgehead atoms. The Kier molecular flexibility index (Phi) is 4.65. The first kappa shape index (κ1) is 15.5. The lowest BCUT2D eigenvalue weighted by atomic mass is 10.1. The van der Waals surface area contributed by atoms with Crippen LogP contribution in [0.2, 0.25) is 0 Å². The zero-order valence-electron chi connectivity index (χ0n) is 13.1. The Labute approximate surface area is 124 Å². The quantitative estimate of drug-likeness (QED) is 0.832. The van der Waals surface area contributed by atoms with E-state index < -0.39 is 6.29 Å². The van der Waals surface area contributed by atoms with E-state index in [1.807, 2.05) is 39.0 Å². The minimum Gasteiger partial charge on any atom is -0.358 e. The fourth-order valence-corrected chi connectivity index (χ4v) is 2.47. The summed E-state index contributed by atoms with van der Waals surface area (Å²) in [6.07, 6.45) is -0.464. The number of aromatic nitrogens is 1. The van der Waals surface area contributed by atoms with Crippen molar-refractivity contribution in [3.63, 3.8) is 0 Å². The summed E-state index contributed by atoms with van der Waals surface area (Å²) in [5.74, 6) is -0.137. The molecule has 0 radical (unpaired) electrons. The number of nitrogens with one attached hydrogen (secondary N) is 2. The van der Waals surface area contributed by atoms with Gasteiger partial charge in [-0.05, 0) is 44.5 Å². The molecule has 1 atom stereocenters. The SMILES string of the molecule is COC(OC)C(C)NC(=O)c1ccc2[nH]c(C)c(C)c2c1. The molecule has 0 saturated heterocycles. The number of ether oxygens (including phenoxy) is 2. The molecule has 0 saturated carbocycles. The maximum absolute atomic E-state index is 12.3. The lowest BCUT2D eigenvalue weighted by Crippen LogP contribution is -2.42. The third kappa shape index (κ3) is 3.09. The van der Waals surface area contributed by atoms with Crippen LogP contribution in [0.25, 0.3) is 10.9 Å². The van der Waals surface area contributed by atoms with Crippen LogP contribution < -0.4 is 5.32 Å². The highest BCUT2D eigenvalue weighted by Gasteiger charge is 2.19. The van der Waals surface area contributed by atoms with Gasteiger partial charge in [-0.25, -0.2) is 0 Å². The van der Waals surface area contributed by atoms with Crippen LogP contribution in [0.4, 0.5) is 0 Å². The number of fused-ring (bicyclic) bond motifs is 1. The molecule has 0 fully saturated rings. The number of aromatic amines is 1. The molecule has 2 rings (SSSR count). The summed E-state index contributed by atoms with van der Waals surface area (Å²) in [7, 11) is 3.10. The average Bonchev–Trinajstić information content (AvgIpc) is 2.75. The number of H-pyrrole nitrogens is 1. The number of carbonyl (C=O) groups is 1. The van der Waals surface area contributed by atoms with Gasteiger partial charge in [0.25, 0.3) is 5.91 Å². The highest BCUT2D eigenvalue weighted by atomic mass is 16.7. The maximum atomic E-state index is 12.3. The van der Waals surface area contributed by atoms with E-state index in [9.17, 15) is 4.79 Å². The smallest absolute Gasteiger partial charge is 0.251 e. The van der Waals surface area contributed by atoms with Crippen molar-refractivity contribution < 1.29 is 14.3 Å². The predicted molar refractivity (Wildman–Crippen MR) is 82.5 cm³/mol. The number of hydrogen-bond acceptors (Lipinski definition) is 3. The molecule has 2 N–H and O–H groups in total. The van der Waals surface area contributed by atoms with Gasteiger partial charge < -0.3 is 19.8 Å². The van der Waals surface area contributed by atoms with E-state index in [4.69, 9.17) is 9.47 Å². The summed E-state index contributed by atoms with van der Waals surface area (Å²) in [5.41, 5.74) is 3.96. The van der Waals surface area contributed by atoms with E-state index >= 15 is 0 Å². The van der Waals surface area contributed by atoms with Crippen LogP contribution in [-0.4, -0.2) is 37.4 Å². The van der Waals surface area contributed by atoms with Crippen LogP contribution in [-0.2, 0) is 9.47 Å². The number of aryl methyl sites for hydroxylation is 2. The third-order valence-electron chi connectivity index (χ3n) is 3.80. The van der Waals surface area contributed by atoms with Crippen molar-refractivity contribution in [1.82, 2.24) is 10.3 Å². The summed E-state index contributed by atoms with van der Waals surface area (Å²) in [6.45, 7) is 5.92. The molecule has 1 unspecified atom stereocenters. The largest absolute Gasteiger partial charge is 0.358 e. The number of methoxy groups -OCH3 is 2. The molecule has 114 valence electrons. The van der Waals surface area contributed by atoms with Gasteiger partial charge in [-0.3, -0.25) is 4.79 Å². The van der Waals surface area contributed by atoms with Gasteiger partial charge in [-0.1, -0.05) is 0 Å². The van der Waals surface area contributed by atoms with Gasteiger partial charge >= 0.3 is 0 Å². The minimum atomic E-state index is -0.464. The van der Waals surface area contributed by atoms with Crippen molar-refractivity contribution in [3.8, 4) is 0 Å². The van der Waals surface area contributed by atoms with Crippen molar-refractivity contribution in [1.29, 1.82) is 0 Å². The van der Waals surface area contributed by atoms with E-state index in [-0.39, 0.29) is 11.9 Å². The Hall–Kier alpha value is -1.85. The van der Waals surface area contributed by atoms with Crippen LogP contribution in [0.1, 0.15) is 28.5 Å². The monoisotopic (exact) mass is 290 g/mol. The van der Waals surface area contributed by atoms with Crippen molar-refractivity contribution in [2.45, 2.75) is 33.1 Å². The van der Waals surface area contributed by atoms with E-state index in [1.54, 1.807) is 14.2 Å². The Bertz CT molecular complexity index is 644. The minimum absolute atomic E-state index is 0.137. The van der Waals surface area contributed by atoms with E-state index in [1.165, 1.54) is 5.56 Å². The zero-order valence-corrected chi connectivity index (χ0v) is 13.1. The normalized spacial score (nSPS) is 12.9. The van der Waals surface area contributed by atoms with Crippen molar-refractivity contribution in [2.24, 2.45) is 0 Å². The molecular formula is C16H22N2O3. The summed E-state index contributed by atoms with van der Waals surface area (Å²) >= 11 is 0. The molecule has 5 nitrogen and oxygen atoms in total. The van der Waals surface area contributed by atoms with Crippen molar-refractivity contribution >= 4 is 16.8 Å². The Morgan fingerprint density at radius 3 is 2.52 bits per heavy atom. The molecule has 0 aliphatic carbocycles. The number of amides is 1. The molecule has 0 aliphatic heterocycles. The third-order valence-corrected chi connectivity index (χ3v) is 3.80. The summed E-state index contributed by atoms with van der Waals surface area (Å²) < 4.78 is 10.3. The number of carbonyl (C=O) groups excluding carboxylic acids is 1. The molecule has 1 aromatic heterocycles. The topological polar surface area (TPSA) is 63.4 Å². The Morgan fingerprint density at radius 1 is 1.24 bits per heavy atom. The standard InChI is InChI=1S/C16H22N2O3/c1-9-10(2)17-14-7-6-12(8-13(9)14)15(19)18-11(3)16(20-4)21-5/h6-8,11,16-17H,1-5H3,(H,18,19). The molecule has 0 aliphatic rings. The van der Waals surface area contributed by atoms with Gasteiger partial charge in [-0.15, -0.1) is 0 Å². The van der Waals surface area contributed by atoms with Gasteiger partial charge in [-0.2, -0.15) is 0 Å². The van der Waals surface area contributed by atoms with Crippen LogP contribution in [0.3, 0.4) is 0 Å². The van der Waals surface area contributed by atoms with Crippen LogP contribution >= 0.6 is 0 Å². The molecule has 1 amide bonds. The molecule has 5 heteroatoms. The average molecular weight is 290 g/mol. The molecule has 2 aromatic rings. The lowest BCUT2D eigenvalue weighted by Gasteiger charge is -2.22. The fraction of sp³-hybridized carbons (Fsp3) is 0.438. The van der Waals surface area contributed by atoms with Crippen LogP contribution in [0.5, 0.6) is 0 Å². The van der Waals surface area contributed by atoms with E-state index in [0.29, 0.717) is 5.56 Å². The first-order chi connectivity index (χ1) is 9.97. The van der Waals surface area contributed by atoms with Crippen molar-refractivity contribution in [3.05, 3.63) is 35.0 Å². The number of benzene rings is 1. The molecule has 0 spiro atoms. The molecular weight excluding hydrogens is 268 g/mol. The summed E-state index contributed by atoms with van der Waals surface area (Å²) in [4.78, 5) is 15.6. The first-order valence-corrected chi connectivity index (χ1v) is 6.93. The second-order valence-electron chi connectivity index (χ2n) is 5.24. The fourth-order valence-electron chi connectivity index (χ4n) is 2.47. The van der Waals surface area contributed by atoms with Crippen molar-refractivity contribution in [2.75, 3.05) is 14.2 Å². The van der Waals surface area contributed by atoms with Gasteiger partial charge in [0.2, 0.25) is 0 Å². The highest BCUT2D eigenvalue weighted by Crippen LogP contribution is 2.22. The molecule has 1 heterocycles. The van der Waals surface area contributed by atoms with Crippen LogP contribution in [0.15, 0.2) is 18.2 Å².